The molecule has 10 nitrogen and oxygen atoms in total. The summed E-state index contributed by atoms with van der Waals surface area (Å²) in [6.07, 6.45) is -4.29. The van der Waals surface area contributed by atoms with E-state index in [4.69, 9.17) is 15.2 Å². The van der Waals surface area contributed by atoms with E-state index in [2.05, 4.69) is 15.0 Å². The molecular formula is C15H20FN5O5. The van der Waals surface area contributed by atoms with E-state index < -0.39 is 48.2 Å². The Hall–Kier alpha value is -2.53. The number of rotatable bonds is 3. The molecule has 3 rings (SSSR count). The van der Waals surface area contributed by atoms with Gasteiger partial charge in [0.15, 0.2) is 29.7 Å². The van der Waals surface area contributed by atoms with Gasteiger partial charge in [-0.15, -0.1) is 0 Å². The van der Waals surface area contributed by atoms with Crippen LogP contribution in [0, 0.1) is 5.41 Å². The monoisotopic (exact) mass is 369 g/mol. The Kier molecular flexibility index (Phi) is 4.44. The van der Waals surface area contributed by atoms with Crippen LogP contribution in [0.5, 0.6) is 0 Å². The van der Waals surface area contributed by atoms with Crippen molar-refractivity contribution in [1.82, 2.24) is 19.5 Å². The third-order valence-electron chi connectivity index (χ3n) is 4.03. The Labute approximate surface area is 147 Å². The molecule has 1 saturated heterocycles. The molecule has 26 heavy (non-hydrogen) atoms. The molecule has 0 aromatic carbocycles. The molecule has 2 aromatic heterocycles. The molecule has 4 N–H and O–H groups in total. The van der Waals surface area contributed by atoms with Gasteiger partial charge in [-0.3, -0.25) is 19.1 Å². The third-order valence-corrected chi connectivity index (χ3v) is 4.03. The summed E-state index contributed by atoms with van der Waals surface area (Å²) < 4.78 is 27.0. The number of nitrogens with zero attached hydrogens (tertiary/aromatic N) is 3. The number of esters is 1. The molecule has 0 radical (unpaired) electrons. The number of hydrogen-bond donors (Lipinski definition) is 3. The lowest BCUT2D eigenvalue weighted by atomic mass is 9.97. The summed E-state index contributed by atoms with van der Waals surface area (Å²) in [7, 11) is 0. The first-order valence-electron chi connectivity index (χ1n) is 7.97. The molecule has 0 spiro atoms. The maximum atomic E-state index is 15.0. The topological polar surface area (TPSA) is 145 Å². The largest absolute Gasteiger partial charge is 0.456 e. The molecular weight excluding hydrogens is 349 g/mol. The van der Waals surface area contributed by atoms with Gasteiger partial charge in [-0.25, -0.2) is 9.37 Å². The molecule has 0 unspecified atom stereocenters. The normalized spacial score (nSPS) is 26.3. The molecule has 4 atom stereocenters. The lowest BCUT2D eigenvalue weighted by Crippen LogP contribution is -2.39. The van der Waals surface area contributed by atoms with Gasteiger partial charge in [0.25, 0.3) is 5.56 Å². The van der Waals surface area contributed by atoms with Crippen molar-refractivity contribution in [2.75, 3.05) is 12.3 Å². The van der Waals surface area contributed by atoms with E-state index in [1.165, 1.54) is 10.9 Å². The van der Waals surface area contributed by atoms with Crippen molar-refractivity contribution in [1.29, 1.82) is 0 Å². The maximum Gasteiger partial charge on any atom is 0.311 e. The van der Waals surface area contributed by atoms with Crippen LogP contribution in [0.4, 0.5) is 10.3 Å². The van der Waals surface area contributed by atoms with Crippen LogP contribution in [-0.4, -0.2) is 55.6 Å². The number of nitrogens with one attached hydrogen (secondary N) is 1. The van der Waals surface area contributed by atoms with E-state index in [1.807, 2.05) is 0 Å². The second-order valence-corrected chi connectivity index (χ2v) is 7.09. The summed E-state index contributed by atoms with van der Waals surface area (Å²) >= 11 is 0. The first-order valence-corrected chi connectivity index (χ1v) is 7.97. The SMILES string of the molecule is CC(C)(C)C(=O)O[C@H]1[C@@H](F)[C@H](n2cnc3c(=O)[nH]c(N)nc32)O[C@@H]1CO. The Morgan fingerprint density at radius 2 is 2.23 bits per heavy atom. The van der Waals surface area contributed by atoms with Gasteiger partial charge in [-0.05, 0) is 20.8 Å². The van der Waals surface area contributed by atoms with Crippen molar-refractivity contribution in [3.05, 3.63) is 16.7 Å². The standard InChI is InChI=1S/C15H20FN5O5/c1-15(2,3)13(24)26-9-6(4-22)25-12(7(9)16)21-5-18-8-10(21)19-14(17)20-11(8)23/h5-7,9,12,22H,4H2,1-3H3,(H3,17,19,20,23)/t6-,7-,9-,12-/m1/s1. The lowest BCUT2D eigenvalue weighted by molar-refractivity contribution is -0.164. The van der Waals surface area contributed by atoms with Gasteiger partial charge in [0.2, 0.25) is 5.95 Å². The number of nitrogens with two attached hydrogens (primary N) is 1. The molecule has 0 amide bonds. The zero-order valence-corrected chi connectivity index (χ0v) is 14.5. The first-order chi connectivity index (χ1) is 12.1. The van der Waals surface area contributed by atoms with Gasteiger partial charge in [0.05, 0.1) is 18.3 Å². The number of halogens is 1. The number of carbonyl (C=O) groups excluding carboxylic acids is 1. The molecule has 1 aliphatic heterocycles. The van der Waals surface area contributed by atoms with Crippen LogP contribution in [0.25, 0.3) is 11.2 Å². The van der Waals surface area contributed by atoms with Crippen molar-refractivity contribution < 1.29 is 23.8 Å². The molecule has 2 aromatic rings. The van der Waals surface area contributed by atoms with Crippen LogP contribution in [0.15, 0.2) is 11.1 Å². The van der Waals surface area contributed by atoms with Gasteiger partial charge in [-0.1, -0.05) is 0 Å². The van der Waals surface area contributed by atoms with Crippen LogP contribution in [-0.2, 0) is 14.3 Å². The number of fused-ring (bicyclic) bond motifs is 1. The lowest BCUT2D eigenvalue weighted by Gasteiger charge is -2.23. The molecule has 1 fully saturated rings. The number of H-pyrrole nitrogens is 1. The van der Waals surface area contributed by atoms with Crippen LogP contribution in [0.3, 0.4) is 0 Å². The van der Waals surface area contributed by atoms with Gasteiger partial charge < -0.3 is 20.3 Å². The first kappa shape index (κ1) is 18.3. The smallest absolute Gasteiger partial charge is 0.311 e. The van der Waals surface area contributed by atoms with Gasteiger partial charge >= 0.3 is 5.97 Å². The number of ether oxygens (including phenoxy) is 2. The molecule has 0 saturated carbocycles. The van der Waals surface area contributed by atoms with Crippen molar-refractivity contribution in [2.45, 2.75) is 45.4 Å². The van der Waals surface area contributed by atoms with Crippen molar-refractivity contribution in [3.8, 4) is 0 Å². The molecule has 0 bridgehead atoms. The Bertz CT molecular complexity index is 889. The van der Waals surface area contributed by atoms with Crippen molar-refractivity contribution in [2.24, 2.45) is 5.41 Å². The fourth-order valence-corrected chi connectivity index (χ4v) is 2.64. The highest BCUT2D eigenvalue weighted by Gasteiger charge is 2.49. The minimum Gasteiger partial charge on any atom is -0.456 e. The molecule has 1 aliphatic rings. The quantitative estimate of drug-likeness (QED) is 0.635. The zero-order chi connectivity index (χ0) is 19.2. The van der Waals surface area contributed by atoms with Crippen molar-refractivity contribution >= 4 is 23.1 Å². The third kappa shape index (κ3) is 3.03. The van der Waals surface area contributed by atoms with E-state index in [9.17, 15) is 14.7 Å². The number of imidazole rings is 1. The fraction of sp³-hybridized carbons (Fsp3) is 0.600. The van der Waals surface area contributed by atoms with E-state index in [1.54, 1.807) is 20.8 Å². The number of hydrogen-bond acceptors (Lipinski definition) is 8. The van der Waals surface area contributed by atoms with Crippen LogP contribution >= 0.6 is 0 Å². The number of nitrogen functional groups attached to an aromatic ring is 1. The Balaban J connectivity index is 1.95. The molecule has 0 aliphatic carbocycles. The molecule has 142 valence electrons. The fourth-order valence-electron chi connectivity index (χ4n) is 2.64. The predicted octanol–water partition coefficient (Wildman–Crippen LogP) is -0.112. The van der Waals surface area contributed by atoms with Gasteiger partial charge in [0, 0.05) is 0 Å². The summed E-state index contributed by atoms with van der Waals surface area (Å²) in [5.74, 6) is -0.783. The minimum atomic E-state index is -1.81. The van der Waals surface area contributed by atoms with Gasteiger partial charge in [-0.2, -0.15) is 4.98 Å². The highest BCUT2D eigenvalue weighted by Crippen LogP contribution is 2.36. The van der Waals surface area contributed by atoms with E-state index in [-0.39, 0.29) is 17.1 Å². The second kappa shape index (κ2) is 6.32. The zero-order valence-electron chi connectivity index (χ0n) is 14.5. The summed E-state index contributed by atoms with van der Waals surface area (Å²) in [5, 5.41) is 9.49. The Morgan fingerprint density at radius 3 is 2.85 bits per heavy atom. The number of carbonyl (C=O) groups is 1. The van der Waals surface area contributed by atoms with Crippen LogP contribution < -0.4 is 11.3 Å². The van der Waals surface area contributed by atoms with E-state index >= 15 is 4.39 Å². The average Bonchev–Trinajstić information content (AvgIpc) is 3.08. The number of aromatic amines is 1. The van der Waals surface area contributed by atoms with E-state index in [0.717, 1.165) is 0 Å². The number of anilines is 1. The number of aliphatic hydroxyl groups excluding tert-OH is 1. The molecule has 3 heterocycles. The van der Waals surface area contributed by atoms with Crippen molar-refractivity contribution in [3.63, 3.8) is 0 Å². The highest BCUT2D eigenvalue weighted by molar-refractivity contribution is 5.75. The minimum absolute atomic E-state index is 0.0263. The summed E-state index contributed by atoms with van der Waals surface area (Å²) in [5.41, 5.74) is 4.10. The van der Waals surface area contributed by atoms with Gasteiger partial charge in [0.1, 0.15) is 6.10 Å². The number of aromatic nitrogens is 4. The molecule has 11 heteroatoms. The summed E-state index contributed by atoms with van der Waals surface area (Å²) in [6, 6.07) is 0. The van der Waals surface area contributed by atoms with E-state index in [0.29, 0.717) is 0 Å². The number of aliphatic hydroxyl groups is 1. The number of alkyl halides is 1. The maximum absolute atomic E-state index is 15.0. The second-order valence-electron chi connectivity index (χ2n) is 7.09. The average molecular weight is 369 g/mol. The summed E-state index contributed by atoms with van der Waals surface area (Å²) in [6.45, 7) is 4.34. The Morgan fingerprint density at radius 1 is 1.54 bits per heavy atom. The highest BCUT2D eigenvalue weighted by atomic mass is 19.1. The van der Waals surface area contributed by atoms with Crippen LogP contribution in [0.2, 0.25) is 0 Å². The summed E-state index contributed by atoms with van der Waals surface area (Å²) in [4.78, 5) is 34.1. The van der Waals surface area contributed by atoms with Crippen LogP contribution in [0.1, 0.15) is 27.0 Å². The predicted molar refractivity (Wildman–Crippen MR) is 87.8 cm³/mol.